The lowest BCUT2D eigenvalue weighted by molar-refractivity contribution is 1.16. The van der Waals surface area contributed by atoms with Crippen LogP contribution in [0.15, 0.2) is 170 Å². The van der Waals surface area contributed by atoms with Gasteiger partial charge in [0.25, 0.3) is 0 Å². The van der Waals surface area contributed by atoms with Gasteiger partial charge in [0.15, 0.2) is 0 Å². The van der Waals surface area contributed by atoms with Gasteiger partial charge in [0.1, 0.15) is 0 Å². The molecule has 8 aromatic carbocycles. The molecule has 10 rings (SSSR count). The van der Waals surface area contributed by atoms with Crippen molar-refractivity contribution in [2.24, 2.45) is 0 Å². The Balaban J connectivity index is 1.52. The zero-order chi connectivity index (χ0) is 30.2. The number of fused-ring (bicyclic) bond motifs is 11. The van der Waals surface area contributed by atoms with E-state index in [4.69, 9.17) is 0 Å². The molecule has 0 saturated carbocycles. The van der Waals surface area contributed by atoms with Crippen LogP contribution in [0.2, 0.25) is 0 Å². The predicted molar refractivity (Wildman–Crippen MR) is 196 cm³/mol. The predicted octanol–water partition coefficient (Wildman–Crippen LogP) is 11.9. The molecule has 46 heavy (non-hydrogen) atoms. The van der Waals surface area contributed by atoms with Gasteiger partial charge < -0.3 is 8.97 Å². The summed E-state index contributed by atoms with van der Waals surface area (Å²) in [5, 5.41) is 10.1. The summed E-state index contributed by atoms with van der Waals surface area (Å²) in [7, 11) is 0. The molecular formula is C44H28N2. The molecule has 0 bridgehead atoms. The van der Waals surface area contributed by atoms with Gasteiger partial charge in [-0.15, -0.1) is 0 Å². The van der Waals surface area contributed by atoms with Gasteiger partial charge in [-0.25, -0.2) is 0 Å². The maximum absolute atomic E-state index is 2.53. The molecular weight excluding hydrogens is 556 g/mol. The van der Waals surface area contributed by atoms with E-state index < -0.39 is 0 Å². The smallest absolute Gasteiger partial charge is 0.0703 e. The van der Waals surface area contributed by atoms with E-state index in [1.165, 1.54) is 65.3 Å². The van der Waals surface area contributed by atoms with Crippen LogP contribution in [-0.2, 0) is 0 Å². The highest BCUT2D eigenvalue weighted by atomic mass is 15.0. The molecule has 2 heterocycles. The number of aromatic nitrogens is 2. The Morgan fingerprint density at radius 2 is 0.957 bits per heavy atom. The van der Waals surface area contributed by atoms with E-state index in [9.17, 15) is 0 Å². The van der Waals surface area contributed by atoms with E-state index in [0.717, 1.165) is 22.2 Å². The van der Waals surface area contributed by atoms with Crippen molar-refractivity contribution in [1.29, 1.82) is 0 Å². The van der Waals surface area contributed by atoms with E-state index in [2.05, 4.69) is 179 Å². The molecule has 2 heteroatoms. The standard InChI is InChI=1S/C44H28N2/c1-2-13-29(14-3-1)31-17-12-18-33(27-31)45-38-22-9-8-21-36(38)37-28-32-16-5-7-20-35(32)43-42-34-19-6-4-15-30(34)25-26-41(42)46(44(37)43)40-24-11-10-23-39(40)45/h1-28H. The van der Waals surface area contributed by atoms with Crippen molar-refractivity contribution >= 4 is 70.7 Å². The van der Waals surface area contributed by atoms with Crippen LogP contribution in [0.4, 0.5) is 0 Å². The molecule has 0 unspecified atom stereocenters. The van der Waals surface area contributed by atoms with Gasteiger partial charge in [0, 0.05) is 27.2 Å². The number of para-hydroxylation sites is 3. The van der Waals surface area contributed by atoms with Gasteiger partial charge in [-0.05, 0) is 75.1 Å². The van der Waals surface area contributed by atoms with Crippen LogP contribution in [0.1, 0.15) is 0 Å². The fraction of sp³-hybridized carbons (Fsp3) is 0. The highest BCUT2D eigenvalue weighted by Crippen LogP contribution is 2.43. The van der Waals surface area contributed by atoms with Gasteiger partial charge in [-0.2, -0.15) is 0 Å². The van der Waals surface area contributed by atoms with Crippen molar-refractivity contribution in [3.63, 3.8) is 0 Å². The van der Waals surface area contributed by atoms with Crippen molar-refractivity contribution in [3.8, 4) is 16.8 Å². The highest BCUT2D eigenvalue weighted by Gasteiger charge is 2.20. The monoisotopic (exact) mass is 584 g/mol. The van der Waals surface area contributed by atoms with Crippen LogP contribution in [-0.4, -0.2) is 8.97 Å². The summed E-state index contributed by atoms with van der Waals surface area (Å²) in [5.74, 6) is 0. The average molecular weight is 585 g/mol. The quantitative estimate of drug-likeness (QED) is 0.191. The number of benzene rings is 8. The Morgan fingerprint density at radius 3 is 1.78 bits per heavy atom. The average Bonchev–Trinajstić information content (AvgIpc) is 3.48. The van der Waals surface area contributed by atoms with Crippen LogP contribution in [0.25, 0.3) is 87.5 Å². The third-order valence-electron chi connectivity index (χ3n) is 9.65. The number of rotatable bonds is 2. The van der Waals surface area contributed by atoms with E-state index >= 15 is 0 Å². The second-order valence-electron chi connectivity index (χ2n) is 12.1. The first-order valence-corrected chi connectivity index (χ1v) is 15.9. The third kappa shape index (κ3) is 3.53. The van der Waals surface area contributed by atoms with Gasteiger partial charge >= 0.3 is 0 Å². The second-order valence-corrected chi connectivity index (χ2v) is 12.1. The SMILES string of the molecule is c1ccc(-c2cccc(-n3c4ccccc4c4cc5ccccc5c5c6c7ccccc7ccc6n(c6ccccc63)c45)c2)cc1. The van der Waals surface area contributed by atoms with Crippen LogP contribution in [0.5, 0.6) is 0 Å². The molecule has 0 aliphatic rings. The van der Waals surface area contributed by atoms with Crippen molar-refractivity contribution in [3.05, 3.63) is 170 Å². The molecule has 0 atom stereocenters. The minimum absolute atomic E-state index is 1.13. The summed E-state index contributed by atoms with van der Waals surface area (Å²) in [6.45, 7) is 0. The Hall–Kier alpha value is -6.12. The van der Waals surface area contributed by atoms with Crippen molar-refractivity contribution in [1.82, 2.24) is 8.97 Å². The highest BCUT2D eigenvalue weighted by molar-refractivity contribution is 6.33. The zero-order valence-corrected chi connectivity index (χ0v) is 25.1. The Labute approximate surface area is 265 Å². The van der Waals surface area contributed by atoms with E-state index in [0.29, 0.717) is 0 Å². The molecule has 0 radical (unpaired) electrons. The molecule has 0 amide bonds. The zero-order valence-electron chi connectivity index (χ0n) is 25.1. The normalized spacial score (nSPS) is 11.9. The van der Waals surface area contributed by atoms with Gasteiger partial charge in [-0.1, -0.05) is 127 Å². The topological polar surface area (TPSA) is 9.34 Å². The second kappa shape index (κ2) is 9.69. The largest absolute Gasteiger partial charge is 0.308 e. The molecule has 214 valence electrons. The summed E-state index contributed by atoms with van der Waals surface area (Å²) < 4.78 is 4.98. The van der Waals surface area contributed by atoms with Crippen LogP contribution in [0.3, 0.4) is 0 Å². The maximum Gasteiger partial charge on any atom is 0.0703 e. The summed E-state index contributed by atoms with van der Waals surface area (Å²) in [6.07, 6.45) is 0. The first kappa shape index (κ1) is 25.2. The minimum atomic E-state index is 1.13. The molecule has 0 N–H and O–H groups in total. The Bertz CT molecular complexity index is 2850. The van der Waals surface area contributed by atoms with Crippen molar-refractivity contribution in [2.75, 3.05) is 0 Å². The summed E-state index contributed by atoms with van der Waals surface area (Å²) in [5.41, 5.74) is 9.47. The summed E-state index contributed by atoms with van der Waals surface area (Å²) in [4.78, 5) is 0. The summed E-state index contributed by atoms with van der Waals surface area (Å²) >= 11 is 0. The fourth-order valence-corrected chi connectivity index (χ4v) is 7.71. The first-order chi connectivity index (χ1) is 22.8. The van der Waals surface area contributed by atoms with Crippen molar-refractivity contribution in [2.45, 2.75) is 0 Å². The number of hydrogen-bond acceptors (Lipinski definition) is 0. The molecule has 0 fully saturated rings. The third-order valence-corrected chi connectivity index (χ3v) is 9.65. The van der Waals surface area contributed by atoms with Crippen LogP contribution < -0.4 is 0 Å². The Morgan fingerprint density at radius 1 is 0.326 bits per heavy atom. The molecule has 2 nitrogen and oxygen atoms in total. The lowest BCUT2D eigenvalue weighted by Gasteiger charge is -2.18. The van der Waals surface area contributed by atoms with Gasteiger partial charge in [0.05, 0.1) is 27.6 Å². The number of hydrogen-bond donors (Lipinski definition) is 0. The maximum atomic E-state index is 2.53. The Kier molecular flexibility index (Phi) is 5.31. The van der Waals surface area contributed by atoms with Gasteiger partial charge in [-0.3, -0.25) is 0 Å². The minimum Gasteiger partial charge on any atom is -0.308 e. The van der Waals surface area contributed by atoms with E-state index in [1.54, 1.807) is 0 Å². The van der Waals surface area contributed by atoms with E-state index in [1.807, 2.05) is 0 Å². The molecule has 2 aromatic heterocycles. The molecule has 0 saturated heterocycles. The fourth-order valence-electron chi connectivity index (χ4n) is 7.71. The lowest BCUT2D eigenvalue weighted by atomic mass is 9.97. The first-order valence-electron chi connectivity index (χ1n) is 15.9. The number of nitrogens with zero attached hydrogens (tertiary/aromatic N) is 2. The summed E-state index contributed by atoms with van der Waals surface area (Å²) in [6, 6.07) is 62.1. The van der Waals surface area contributed by atoms with Crippen LogP contribution in [0, 0.1) is 0 Å². The van der Waals surface area contributed by atoms with Gasteiger partial charge in [0.2, 0.25) is 0 Å². The lowest BCUT2D eigenvalue weighted by Crippen LogP contribution is -2.01. The van der Waals surface area contributed by atoms with E-state index in [-0.39, 0.29) is 0 Å². The molecule has 0 aliphatic heterocycles. The molecule has 0 aliphatic carbocycles. The van der Waals surface area contributed by atoms with Crippen LogP contribution >= 0.6 is 0 Å². The van der Waals surface area contributed by atoms with Crippen molar-refractivity contribution < 1.29 is 0 Å². The molecule has 0 spiro atoms. The molecule has 10 aromatic rings.